The standard InChI is InChI=1S/C11H13NOS/c1-10(2)6-11(10,7-13)9-4-3-8(5-12)14-9/h3-4,13H,6-7H2,1-2H3. The molecular weight excluding hydrogens is 194 g/mol. The molecular formula is C11H13NOS. The van der Waals surface area contributed by atoms with Gasteiger partial charge in [-0.1, -0.05) is 13.8 Å². The highest BCUT2D eigenvalue weighted by Gasteiger charge is 2.62. The Morgan fingerprint density at radius 3 is 2.57 bits per heavy atom. The second-order valence-corrected chi connectivity index (χ2v) is 5.66. The Bertz CT molecular complexity index is 402. The minimum atomic E-state index is -0.0766. The summed E-state index contributed by atoms with van der Waals surface area (Å²) < 4.78 is 0. The number of thiophene rings is 1. The fourth-order valence-electron chi connectivity index (χ4n) is 2.13. The van der Waals surface area contributed by atoms with Crippen molar-refractivity contribution >= 4 is 11.3 Å². The van der Waals surface area contributed by atoms with Crippen LogP contribution >= 0.6 is 11.3 Å². The zero-order valence-electron chi connectivity index (χ0n) is 8.37. The van der Waals surface area contributed by atoms with E-state index in [4.69, 9.17) is 5.26 Å². The van der Waals surface area contributed by atoms with Crippen LogP contribution in [0.25, 0.3) is 0 Å². The molecule has 1 aliphatic carbocycles. The molecule has 74 valence electrons. The molecule has 1 aromatic rings. The van der Waals surface area contributed by atoms with Crippen molar-refractivity contribution in [1.29, 1.82) is 5.26 Å². The number of aliphatic hydroxyl groups is 1. The lowest BCUT2D eigenvalue weighted by atomic mass is 9.95. The predicted molar refractivity (Wildman–Crippen MR) is 56.2 cm³/mol. The average molecular weight is 207 g/mol. The third kappa shape index (κ3) is 1.11. The molecule has 1 saturated carbocycles. The molecule has 1 unspecified atom stereocenters. The summed E-state index contributed by atoms with van der Waals surface area (Å²) in [7, 11) is 0. The first-order valence-corrected chi connectivity index (χ1v) is 5.49. The molecule has 1 fully saturated rings. The molecule has 2 rings (SSSR count). The van der Waals surface area contributed by atoms with Crippen LogP contribution in [0, 0.1) is 16.7 Å². The van der Waals surface area contributed by atoms with E-state index < -0.39 is 0 Å². The second-order valence-electron chi connectivity index (χ2n) is 4.58. The number of aliphatic hydroxyl groups excluding tert-OH is 1. The summed E-state index contributed by atoms with van der Waals surface area (Å²) in [5, 5.41) is 18.2. The minimum absolute atomic E-state index is 0.0766. The fraction of sp³-hybridized carbons (Fsp3) is 0.545. The van der Waals surface area contributed by atoms with Crippen molar-refractivity contribution in [3.63, 3.8) is 0 Å². The fourth-order valence-corrected chi connectivity index (χ4v) is 3.30. The van der Waals surface area contributed by atoms with Gasteiger partial charge in [-0.25, -0.2) is 0 Å². The molecule has 0 spiro atoms. The summed E-state index contributed by atoms with van der Waals surface area (Å²) in [6, 6.07) is 5.95. The van der Waals surface area contributed by atoms with Crippen LogP contribution in [-0.4, -0.2) is 11.7 Å². The van der Waals surface area contributed by atoms with Crippen LogP contribution in [0.3, 0.4) is 0 Å². The Kier molecular flexibility index (Phi) is 1.95. The number of nitriles is 1. The Morgan fingerprint density at radius 2 is 2.21 bits per heavy atom. The van der Waals surface area contributed by atoms with Gasteiger partial charge >= 0.3 is 0 Å². The Morgan fingerprint density at radius 1 is 1.57 bits per heavy atom. The minimum Gasteiger partial charge on any atom is -0.395 e. The molecule has 1 aliphatic rings. The van der Waals surface area contributed by atoms with Crippen LogP contribution in [0.1, 0.15) is 30.0 Å². The van der Waals surface area contributed by atoms with Crippen LogP contribution in [0.4, 0.5) is 0 Å². The van der Waals surface area contributed by atoms with E-state index in [0.717, 1.165) is 16.2 Å². The van der Waals surface area contributed by atoms with E-state index in [1.807, 2.05) is 12.1 Å². The first-order valence-electron chi connectivity index (χ1n) is 4.67. The zero-order valence-corrected chi connectivity index (χ0v) is 9.19. The zero-order chi connectivity index (χ0) is 10.4. The maximum absolute atomic E-state index is 9.45. The second kappa shape index (κ2) is 2.82. The summed E-state index contributed by atoms with van der Waals surface area (Å²) in [6.45, 7) is 4.51. The molecule has 2 nitrogen and oxygen atoms in total. The van der Waals surface area contributed by atoms with Gasteiger partial charge in [0.25, 0.3) is 0 Å². The summed E-state index contributed by atoms with van der Waals surface area (Å²) in [4.78, 5) is 1.89. The van der Waals surface area contributed by atoms with Crippen molar-refractivity contribution in [1.82, 2.24) is 0 Å². The van der Waals surface area contributed by atoms with Crippen LogP contribution in [0.5, 0.6) is 0 Å². The summed E-state index contributed by atoms with van der Waals surface area (Å²) >= 11 is 1.51. The summed E-state index contributed by atoms with van der Waals surface area (Å²) in [6.07, 6.45) is 1.02. The molecule has 14 heavy (non-hydrogen) atoms. The Balaban J connectivity index is 2.36. The largest absolute Gasteiger partial charge is 0.395 e. The molecule has 0 amide bonds. The van der Waals surface area contributed by atoms with Gasteiger partial charge in [-0.3, -0.25) is 0 Å². The molecule has 3 heteroatoms. The van der Waals surface area contributed by atoms with Crippen molar-refractivity contribution in [2.75, 3.05) is 6.61 Å². The van der Waals surface area contributed by atoms with Crippen molar-refractivity contribution in [3.05, 3.63) is 21.9 Å². The molecule has 1 atom stereocenters. The number of nitrogens with zero attached hydrogens (tertiary/aromatic N) is 1. The average Bonchev–Trinajstić information content (AvgIpc) is 2.57. The first kappa shape index (κ1) is 9.70. The highest BCUT2D eigenvalue weighted by molar-refractivity contribution is 7.12. The topological polar surface area (TPSA) is 44.0 Å². The Labute approximate surface area is 87.8 Å². The predicted octanol–water partition coefficient (Wildman–Crippen LogP) is 2.28. The molecule has 0 aromatic carbocycles. The van der Waals surface area contributed by atoms with Crippen LogP contribution in [-0.2, 0) is 5.41 Å². The normalized spacial score (nSPS) is 28.4. The number of hydrogen-bond acceptors (Lipinski definition) is 3. The lowest BCUT2D eigenvalue weighted by Crippen LogP contribution is -2.17. The lowest BCUT2D eigenvalue weighted by Gasteiger charge is -2.15. The maximum Gasteiger partial charge on any atom is 0.110 e. The van der Waals surface area contributed by atoms with Crippen molar-refractivity contribution in [2.24, 2.45) is 5.41 Å². The Hall–Kier alpha value is -0.850. The van der Waals surface area contributed by atoms with E-state index in [-0.39, 0.29) is 17.4 Å². The van der Waals surface area contributed by atoms with E-state index in [9.17, 15) is 5.11 Å². The third-order valence-corrected chi connectivity index (χ3v) is 4.57. The highest BCUT2D eigenvalue weighted by Crippen LogP contribution is 2.65. The van der Waals surface area contributed by atoms with Crippen LogP contribution in [0.15, 0.2) is 12.1 Å². The smallest absolute Gasteiger partial charge is 0.110 e. The quantitative estimate of drug-likeness (QED) is 0.808. The molecule has 0 bridgehead atoms. The summed E-state index contributed by atoms with van der Waals surface area (Å²) in [5.74, 6) is 0. The molecule has 0 saturated heterocycles. The van der Waals surface area contributed by atoms with Gasteiger partial charge in [-0.05, 0) is 24.0 Å². The summed E-state index contributed by atoms with van der Waals surface area (Å²) in [5.41, 5.74) is 0.103. The molecule has 1 heterocycles. The van der Waals surface area contributed by atoms with E-state index >= 15 is 0 Å². The number of rotatable bonds is 2. The number of hydrogen-bond donors (Lipinski definition) is 1. The first-order chi connectivity index (χ1) is 6.55. The maximum atomic E-state index is 9.45. The van der Waals surface area contributed by atoms with Gasteiger partial charge in [0.15, 0.2) is 0 Å². The van der Waals surface area contributed by atoms with Crippen molar-refractivity contribution in [3.8, 4) is 6.07 Å². The monoisotopic (exact) mass is 207 g/mol. The van der Waals surface area contributed by atoms with E-state index in [1.54, 1.807) is 0 Å². The highest BCUT2D eigenvalue weighted by atomic mass is 32.1. The van der Waals surface area contributed by atoms with Gasteiger partial charge in [0.05, 0.1) is 6.61 Å². The van der Waals surface area contributed by atoms with Gasteiger partial charge in [0, 0.05) is 10.3 Å². The third-order valence-electron chi connectivity index (χ3n) is 3.37. The van der Waals surface area contributed by atoms with E-state index in [0.29, 0.717) is 0 Å². The van der Waals surface area contributed by atoms with Gasteiger partial charge in [0.1, 0.15) is 10.9 Å². The van der Waals surface area contributed by atoms with Gasteiger partial charge in [-0.2, -0.15) is 5.26 Å². The van der Waals surface area contributed by atoms with Gasteiger partial charge in [-0.15, -0.1) is 11.3 Å². The SMILES string of the molecule is CC1(C)CC1(CO)c1ccc(C#N)s1. The van der Waals surface area contributed by atoms with Crippen molar-refractivity contribution in [2.45, 2.75) is 25.7 Å². The molecule has 0 radical (unpaired) electrons. The van der Waals surface area contributed by atoms with Crippen LogP contribution < -0.4 is 0 Å². The molecule has 0 aliphatic heterocycles. The van der Waals surface area contributed by atoms with Gasteiger partial charge < -0.3 is 5.11 Å². The van der Waals surface area contributed by atoms with Crippen molar-refractivity contribution < 1.29 is 5.11 Å². The van der Waals surface area contributed by atoms with E-state index in [1.165, 1.54) is 11.3 Å². The molecule has 1 aromatic heterocycles. The van der Waals surface area contributed by atoms with Crippen LogP contribution in [0.2, 0.25) is 0 Å². The lowest BCUT2D eigenvalue weighted by molar-refractivity contribution is 0.233. The van der Waals surface area contributed by atoms with E-state index in [2.05, 4.69) is 19.9 Å². The van der Waals surface area contributed by atoms with Gasteiger partial charge in [0.2, 0.25) is 0 Å². The molecule has 1 N–H and O–H groups in total.